The molecule has 5 rings (SSSR count). The lowest BCUT2D eigenvalue weighted by molar-refractivity contribution is 0.0909. The standard InChI is InChI=1S/C26H28N4O3/c31-26(29-22-9-12-30(13-10-22)17-19-4-2-1-3-5-19)21-8-11-27-25(15-21)28-16-20-6-7-23-24(14-20)33-18-32-23/h1-8,11,14-15,22H,9-10,12-13,16-18H2,(H,27,28)(H,29,31). The van der Waals surface area contributed by atoms with Crippen LogP contribution in [-0.4, -0.2) is 41.7 Å². The van der Waals surface area contributed by atoms with E-state index in [9.17, 15) is 4.79 Å². The van der Waals surface area contributed by atoms with Gasteiger partial charge in [0, 0.05) is 44.0 Å². The van der Waals surface area contributed by atoms with Crippen molar-refractivity contribution >= 4 is 11.7 Å². The van der Waals surface area contributed by atoms with Crippen LogP contribution >= 0.6 is 0 Å². The largest absolute Gasteiger partial charge is 0.454 e. The van der Waals surface area contributed by atoms with E-state index >= 15 is 0 Å². The van der Waals surface area contributed by atoms with Crippen molar-refractivity contribution in [2.45, 2.75) is 32.0 Å². The van der Waals surface area contributed by atoms with E-state index in [1.807, 2.05) is 24.3 Å². The second-order valence-corrected chi connectivity index (χ2v) is 8.48. The van der Waals surface area contributed by atoms with Crippen molar-refractivity contribution in [3.8, 4) is 11.5 Å². The molecule has 0 unspecified atom stereocenters. The Kier molecular flexibility index (Phi) is 6.39. The highest BCUT2D eigenvalue weighted by Crippen LogP contribution is 2.32. The molecule has 0 bridgehead atoms. The molecule has 170 valence electrons. The molecule has 2 aromatic carbocycles. The van der Waals surface area contributed by atoms with E-state index in [2.05, 4.69) is 44.8 Å². The number of carbonyl (C=O) groups excluding carboxylic acids is 1. The number of hydrogen-bond acceptors (Lipinski definition) is 6. The number of anilines is 1. The van der Waals surface area contributed by atoms with Gasteiger partial charge in [-0.3, -0.25) is 9.69 Å². The summed E-state index contributed by atoms with van der Waals surface area (Å²) < 4.78 is 10.8. The summed E-state index contributed by atoms with van der Waals surface area (Å²) in [4.78, 5) is 19.6. The zero-order chi connectivity index (χ0) is 22.5. The molecule has 7 nitrogen and oxygen atoms in total. The number of fused-ring (bicyclic) bond motifs is 1. The van der Waals surface area contributed by atoms with Crippen LogP contribution in [0.25, 0.3) is 0 Å². The molecule has 7 heteroatoms. The molecule has 3 heterocycles. The summed E-state index contributed by atoms with van der Waals surface area (Å²) in [5.41, 5.74) is 3.00. The number of carbonyl (C=O) groups is 1. The highest BCUT2D eigenvalue weighted by Gasteiger charge is 2.21. The first-order valence-corrected chi connectivity index (χ1v) is 11.4. The zero-order valence-electron chi connectivity index (χ0n) is 18.5. The molecule has 0 saturated carbocycles. The Balaban J connectivity index is 1.11. The minimum atomic E-state index is -0.0509. The van der Waals surface area contributed by atoms with Crippen molar-refractivity contribution in [3.05, 3.63) is 83.6 Å². The highest BCUT2D eigenvalue weighted by atomic mass is 16.7. The molecule has 0 radical (unpaired) electrons. The molecule has 0 atom stereocenters. The van der Waals surface area contributed by atoms with Crippen LogP contribution in [0.15, 0.2) is 66.9 Å². The molecule has 0 aliphatic carbocycles. The number of piperidine rings is 1. The number of rotatable bonds is 7. The average Bonchev–Trinajstić information content (AvgIpc) is 3.33. The van der Waals surface area contributed by atoms with E-state index in [0.29, 0.717) is 17.9 Å². The molecule has 1 amide bonds. The molecule has 2 aliphatic heterocycles. The fraction of sp³-hybridized carbons (Fsp3) is 0.308. The molecular formula is C26H28N4O3. The third-order valence-corrected chi connectivity index (χ3v) is 6.10. The number of ether oxygens (including phenoxy) is 2. The molecular weight excluding hydrogens is 416 g/mol. The normalized spacial score (nSPS) is 15.9. The van der Waals surface area contributed by atoms with Gasteiger partial charge in [0.25, 0.3) is 5.91 Å². The maximum atomic E-state index is 12.8. The highest BCUT2D eigenvalue weighted by molar-refractivity contribution is 5.95. The lowest BCUT2D eigenvalue weighted by atomic mass is 10.0. The predicted octanol–water partition coefficient (Wildman–Crippen LogP) is 3.82. The molecule has 1 saturated heterocycles. The van der Waals surface area contributed by atoms with Gasteiger partial charge in [0.1, 0.15) is 5.82 Å². The second kappa shape index (κ2) is 9.92. The summed E-state index contributed by atoms with van der Waals surface area (Å²) in [7, 11) is 0. The van der Waals surface area contributed by atoms with E-state index in [4.69, 9.17) is 9.47 Å². The van der Waals surface area contributed by atoms with Gasteiger partial charge in [0.15, 0.2) is 11.5 Å². The van der Waals surface area contributed by atoms with Crippen LogP contribution in [0.1, 0.15) is 34.3 Å². The smallest absolute Gasteiger partial charge is 0.251 e. The SMILES string of the molecule is O=C(NC1CCN(Cc2ccccc2)CC1)c1ccnc(NCc2ccc3c(c2)OCO3)c1. The van der Waals surface area contributed by atoms with Crippen molar-refractivity contribution in [2.75, 3.05) is 25.2 Å². The number of hydrogen-bond donors (Lipinski definition) is 2. The monoisotopic (exact) mass is 444 g/mol. The minimum absolute atomic E-state index is 0.0509. The summed E-state index contributed by atoms with van der Waals surface area (Å²) in [5.74, 6) is 2.13. The summed E-state index contributed by atoms with van der Waals surface area (Å²) in [5, 5.41) is 6.48. The maximum absolute atomic E-state index is 12.8. The van der Waals surface area contributed by atoms with E-state index in [-0.39, 0.29) is 18.7 Å². The second-order valence-electron chi connectivity index (χ2n) is 8.48. The predicted molar refractivity (Wildman–Crippen MR) is 126 cm³/mol. The van der Waals surface area contributed by atoms with Crippen LogP contribution in [-0.2, 0) is 13.1 Å². The van der Waals surface area contributed by atoms with Crippen LogP contribution in [0.5, 0.6) is 11.5 Å². The van der Waals surface area contributed by atoms with Gasteiger partial charge in [-0.15, -0.1) is 0 Å². The minimum Gasteiger partial charge on any atom is -0.454 e. The Hall–Kier alpha value is -3.58. The van der Waals surface area contributed by atoms with E-state index in [1.165, 1.54) is 5.56 Å². The third kappa shape index (κ3) is 5.43. The van der Waals surface area contributed by atoms with Gasteiger partial charge in [-0.25, -0.2) is 4.98 Å². The van der Waals surface area contributed by atoms with Crippen LogP contribution in [0.3, 0.4) is 0 Å². The van der Waals surface area contributed by atoms with Gasteiger partial charge in [-0.1, -0.05) is 36.4 Å². The van der Waals surface area contributed by atoms with Crippen LogP contribution in [0, 0.1) is 0 Å². The van der Waals surface area contributed by atoms with Crippen LogP contribution in [0.2, 0.25) is 0 Å². The average molecular weight is 445 g/mol. The van der Waals surface area contributed by atoms with E-state index < -0.39 is 0 Å². The summed E-state index contributed by atoms with van der Waals surface area (Å²) in [6.07, 6.45) is 3.58. The maximum Gasteiger partial charge on any atom is 0.251 e. The summed E-state index contributed by atoms with van der Waals surface area (Å²) >= 11 is 0. The zero-order valence-corrected chi connectivity index (χ0v) is 18.5. The Bertz CT molecular complexity index is 1100. The lowest BCUT2D eigenvalue weighted by Crippen LogP contribution is -2.44. The molecule has 1 aromatic heterocycles. The van der Waals surface area contributed by atoms with Gasteiger partial charge in [-0.05, 0) is 48.2 Å². The third-order valence-electron chi connectivity index (χ3n) is 6.10. The lowest BCUT2D eigenvalue weighted by Gasteiger charge is -2.32. The molecule has 33 heavy (non-hydrogen) atoms. The number of benzene rings is 2. The molecule has 0 spiro atoms. The van der Waals surface area contributed by atoms with Crippen molar-refractivity contribution in [1.82, 2.24) is 15.2 Å². The Morgan fingerprint density at radius 1 is 0.970 bits per heavy atom. The fourth-order valence-corrected chi connectivity index (χ4v) is 4.26. The fourth-order valence-electron chi connectivity index (χ4n) is 4.26. The number of nitrogens with zero attached hydrogens (tertiary/aromatic N) is 2. The topological polar surface area (TPSA) is 75.7 Å². The number of likely N-dealkylation sites (tertiary alicyclic amines) is 1. The van der Waals surface area contributed by atoms with Crippen molar-refractivity contribution < 1.29 is 14.3 Å². The Morgan fingerprint density at radius 3 is 2.64 bits per heavy atom. The van der Waals surface area contributed by atoms with Crippen molar-refractivity contribution in [2.24, 2.45) is 0 Å². The van der Waals surface area contributed by atoms with Gasteiger partial charge < -0.3 is 20.1 Å². The molecule has 3 aromatic rings. The Morgan fingerprint density at radius 2 is 1.79 bits per heavy atom. The van der Waals surface area contributed by atoms with Crippen molar-refractivity contribution in [3.63, 3.8) is 0 Å². The number of aromatic nitrogens is 1. The first-order valence-electron chi connectivity index (χ1n) is 11.4. The van der Waals surface area contributed by atoms with Crippen LogP contribution < -0.4 is 20.1 Å². The van der Waals surface area contributed by atoms with E-state index in [1.54, 1.807) is 18.3 Å². The molecule has 2 aliphatic rings. The summed E-state index contributed by atoms with van der Waals surface area (Å²) in [6, 6.07) is 20.1. The Labute approximate surface area is 193 Å². The number of pyridine rings is 1. The summed E-state index contributed by atoms with van der Waals surface area (Å²) in [6.45, 7) is 3.77. The van der Waals surface area contributed by atoms with Gasteiger partial charge in [0.05, 0.1) is 0 Å². The number of nitrogens with one attached hydrogen (secondary N) is 2. The van der Waals surface area contributed by atoms with Crippen molar-refractivity contribution in [1.29, 1.82) is 0 Å². The molecule has 2 N–H and O–H groups in total. The van der Waals surface area contributed by atoms with Crippen LogP contribution in [0.4, 0.5) is 5.82 Å². The molecule has 1 fully saturated rings. The van der Waals surface area contributed by atoms with Gasteiger partial charge >= 0.3 is 0 Å². The quantitative estimate of drug-likeness (QED) is 0.577. The van der Waals surface area contributed by atoms with Gasteiger partial charge in [-0.2, -0.15) is 0 Å². The number of amides is 1. The first-order chi connectivity index (χ1) is 16.2. The first kappa shape index (κ1) is 21.3. The van der Waals surface area contributed by atoms with Gasteiger partial charge in [0.2, 0.25) is 6.79 Å². The van der Waals surface area contributed by atoms with E-state index in [0.717, 1.165) is 49.5 Å².